The number of benzene rings is 1. The number of nitriles is 1. The van der Waals surface area contributed by atoms with Gasteiger partial charge in [0.1, 0.15) is 0 Å². The predicted octanol–water partition coefficient (Wildman–Crippen LogP) is 3.01. The Bertz CT molecular complexity index is 727. The summed E-state index contributed by atoms with van der Waals surface area (Å²) in [5, 5.41) is 19.7. The standard InChI is InChI=1S/C12H7ClN4O3/c1-7-6-15-12(13)16-11(7)20-10-3-2-8(5-14)4-9(10)17(18)19/h2-4,6H,1H3. The number of nitrogens with zero attached hydrogens (tertiary/aromatic N) is 4. The van der Waals surface area contributed by atoms with Crippen LogP contribution in [-0.4, -0.2) is 14.9 Å². The predicted molar refractivity (Wildman–Crippen MR) is 69.7 cm³/mol. The summed E-state index contributed by atoms with van der Waals surface area (Å²) in [5.74, 6) is 0.102. The van der Waals surface area contributed by atoms with Crippen LogP contribution in [0.4, 0.5) is 5.69 Å². The Kier molecular flexibility index (Phi) is 3.77. The van der Waals surface area contributed by atoms with Crippen LogP contribution in [0.3, 0.4) is 0 Å². The van der Waals surface area contributed by atoms with Crippen LogP contribution in [0.15, 0.2) is 24.4 Å². The van der Waals surface area contributed by atoms with E-state index in [0.717, 1.165) is 6.07 Å². The molecule has 0 saturated heterocycles. The van der Waals surface area contributed by atoms with Crippen molar-refractivity contribution in [2.24, 2.45) is 0 Å². The molecule has 0 unspecified atom stereocenters. The van der Waals surface area contributed by atoms with E-state index in [0.29, 0.717) is 5.56 Å². The van der Waals surface area contributed by atoms with Crippen LogP contribution in [0, 0.1) is 28.4 Å². The second-order valence-electron chi connectivity index (χ2n) is 3.78. The van der Waals surface area contributed by atoms with Crippen molar-refractivity contribution in [1.29, 1.82) is 5.26 Å². The van der Waals surface area contributed by atoms with E-state index < -0.39 is 4.92 Å². The fourth-order valence-electron chi connectivity index (χ4n) is 1.43. The minimum Gasteiger partial charge on any atom is -0.431 e. The molecule has 2 rings (SSSR count). The molecule has 0 amide bonds. The number of ether oxygens (including phenoxy) is 1. The third-order valence-electron chi connectivity index (χ3n) is 2.39. The highest BCUT2D eigenvalue weighted by molar-refractivity contribution is 6.28. The Morgan fingerprint density at radius 1 is 1.50 bits per heavy atom. The van der Waals surface area contributed by atoms with Gasteiger partial charge in [0, 0.05) is 17.8 Å². The Morgan fingerprint density at radius 3 is 2.90 bits per heavy atom. The van der Waals surface area contributed by atoms with Crippen LogP contribution in [-0.2, 0) is 0 Å². The number of aromatic nitrogens is 2. The molecule has 0 fully saturated rings. The highest BCUT2D eigenvalue weighted by Gasteiger charge is 2.18. The van der Waals surface area contributed by atoms with Gasteiger partial charge in [-0.25, -0.2) is 4.98 Å². The lowest BCUT2D eigenvalue weighted by Crippen LogP contribution is -1.98. The maximum absolute atomic E-state index is 11.0. The van der Waals surface area contributed by atoms with Gasteiger partial charge in [-0.15, -0.1) is 0 Å². The molecule has 0 atom stereocenters. The molecule has 100 valence electrons. The number of nitro groups is 1. The van der Waals surface area contributed by atoms with Crippen molar-refractivity contribution in [2.45, 2.75) is 6.92 Å². The fourth-order valence-corrected chi connectivity index (χ4v) is 1.56. The maximum atomic E-state index is 11.0. The van der Waals surface area contributed by atoms with Crippen LogP contribution in [0.2, 0.25) is 5.28 Å². The van der Waals surface area contributed by atoms with Gasteiger partial charge in [-0.05, 0) is 30.7 Å². The van der Waals surface area contributed by atoms with E-state index in [9.17, 15) is 10.1 Å². The van der Waals surface area contributed by atoms with Crippen molar-refractivity contribution in [3.8, 4) is 17.7 Å². The van der Waals surface area contributed by atoms with Crippen LogP contribution in [0.5, 0.6) is 11.6 Å². The summed E-state index contributed by atoms with van der Waals surface area (Å²) in [6.07, 6.45) is 1.44. The van der Waals surface area contributed by atoms with Crippen molar-refractivity contribution in [3.05, 3.63) is 50.9 Å². The zero-order valence-electron chi connectivity index (χ0n) is 10.2. The van der Waals surface area contributed by atoms with Gasteiger partial charge in [0.2, 0.25) is 16.9 Å². The Balaban J connectivity index is 2.46. The van der Waals surface area contributed by atoms with E-state index in [2.05, 4.69) is 9.97 Å². The molecule has 0 N–H and O–H groups in total. The molecular formula is C12H7ClN4O3. The molecule has 0 aliphatic rings. The molecule has 20 heavy (non-hydrogen) atoms. The minimum absolute atomic E-state index is 0.0214. The minimum atomic E-state index is -0.631. The summed E-state index contributed by atoms with van der Waals surface area (Å²) in [4.78, 5) is 18.0. The zero-order chi connectivity index (χ0) is 14.7. The number of aryl methyl sites for hydroxylation is 1. The average molecular weight is 291 g/mol. The molecule has 0 aliphatic heterocycles. The van der Waals surface area contributed by atoms with Crippen LogP contribution < -0.4 is 4.74 Å². The Morgan fingerprint density at radius 2 is 2.25 bits per heavy atom. The molecule has 0 aliphatic carbocycles. The normalized spacial score (nSPS) is 9.85. The van der Waals surface area contributed by atoms with Gasteiger partial charge >= 0.3 is 5.69 Å². The van der Waals surface area contributed by atoms with Gasteiger partial charge < -0.3 is 4.74 Å². The largest absolute Gasteiger partial charge is 0.431 e. The van der Waals surface area contributed by atoms with Gasteiger partial charge in [-0.1, -0.05) is 0 Å². The summed E-state index contributed by atoms with van der Waals surface area (Å²) in [7, 11) is 0. The lowest BCUT2D eigenvalue weighted by molar-refractivity contribution is -0.385. The highest BCUT2D eigenvalue weighted by Crippen LogP contribution is 2.32. The third-order valence-corrected chi connectivity index (χ3v) is 2.57. The van der Waals surface area contributed by atoms with Gasteiger partial charge in [0.05, 0.1) is 16.6 Å². The number of nitro benzene ring substituents is 1. The van der Waals surface area contributed by atoms with Gasteiger partial charge in [-0.2, -0.15) is 10.2 Å². The highest BCUT2D eigenvalue weighted by atomic mass is 35.5. The second kappa shape index (κ2) is 5.50. The zero-order valence-corrected chi connectivity index (χ0v) is 11.0. The van der Waals surface area contributed by atoms with Crippen molar-refractivity contribution in [2.75, 3.05) is 0 Å². The first-order valence-electron chi connectivity index (χ1n) is 5.37. The molecule has 7 nitrogen and oxygen atoms in total. The first-order chi connectivity index (χ1) is 9.51. The Labute approximate surface area is 118 Å². The maximum Gasteiger partial charge on any atom is 0.312 e. The summed E-state index contributed by atoms with van der Waals surface area (Å²) >= 11 is 5.65. The van der Waals surface area contributed by atoms with Crippen LogP contribution in [0.25, 0.3) is 0 Å². The van der Waals surface area contributed by atoms with Gasteiger partial charge in [0.25, 0.3) is 0 Å². The summed E-state index contributed by atoms with van der Waals surface area (Å²) in [6, 6.07) is 5.72. The second-order valence-corrected chi connectivity index (χ2v) is 4.12. The van der Waals surface area contributed by atoms with Crippen molar-refractivity contribution >= 4 is 17.3 Å². The molecule has 0 spiro atoms. The van der Waals surface area contributed by atoms with Crippen molar-refractivity contribution < 1.29 is 9.66 Å². The third kappa shape index (κ3) is 2.81. The molecule has 0 bridgehead atoms. The SMILES string of the molecule is Cc1cnc(Cl)nc1Oc1ccc(C#N)cc1[N+](=O)[O-]. The van der Waals surface area contributed by atoms with E-state index in [1.165, 1.54) is 18.3 Å². The molecule has 1 heterocycles. The molecular weight excluding hydrogens is 284 g/mol. The van der Waals surface area contributed by atoms with Crippen molar-refractivity contribution in [1.82, 2.24) is 9.97 Å². The smallest absolute Gasteiger partial charge is 0.312 e. The Hall–Kier alpha value is -2.72. The molecule has 8 heteroatoms. The lowest BCUT2D eigenvalue weighted by Gasteiger charge is -2.07. The molecule has 1 aromatic carbocycles. The first-order valence-corrected chi connectivity index (χ1v) is 5.74. The molecule has 2 aromatic rings. The molecule has 1 aromatic heterocycles. The van der Waals surface area contributed by atoms with Crippen LogP contribution in [0.1, 0.15) is 11.1 Å². The first kappa shape index (κ1) is 13.7. The van der Waals surface area contributed by atoms with E-state index in [1.54, 1.807) is 6.92 Å². The van der Waals surface area contributed by atoms with E-state index >= 15 is 0 Å². The average Bonchev–Trinajstić information content (AvgIpc) is 2.43. The summed E-state index contributed by atoms with van der Waals surface area (Å²) < 4.78 is 5.40. The summed E-state index contributed by atoms with van der Waals surface area (Å²) in [6.45, 7) is 1.68. The molecule has 0 radical (unpaired) electrons. The lowest BCUT2D eigenvalue weighted by atomic mass is 10.2. The van der Waals surface area contributed by atoms with Crippen LogP contribution >= 0.6 is 11.6 Å². The number of hydrogen-bond donors (Lipinski definition) is 0. The van der Waals surface area contributed by atoms with E-state index in [1.807, 2.05) is 6.07 Å². The quantitative estimate of drug-likeness (QED) is 0.489. The number of rotatable bonds is 3. The monoisotopic (exact) mass is 290 g/mol. The van der Waals surface area contributed by atoms with Crippen molar-refractivity contribution in [3.63, 3.8) is 0 Å². The number of halogens is 1. The number of hydrogen-bond acceptors (Lipinski definition) is 6. The topological polar surface area (TPSA) is 102 Å². The van der Waals surface area contributed by atoms with Gasteiger partial charge in [-0.3, -0.25) is 10.1 Å². The van der Waals surface area contributed by atoms with Gasteiger partial charge in [0.15, 0.2) is 0 Å². The van der Waals surface area contributed by atoms with E-state index in [-0.39, 0.29) is 28.2 Å². The fraction of sp³-hybridized carbons (Fsp3) is 0.0833. The van der Waals surface area contributed by atoms with E-state index in [4.69, 9.17) is 21.6 Å². The summed E-state index contributed by atoms with van der Waals surface area (Å²) in [5.41, 5.74) is 0.424. The molecule has 0 saturated carbocycles.